The van der Waals surface area contributed by atoms with Gasteiger partial charge in [0.2, 0.25) is 0 Å². The quantitative estimate of drug-likeness (QED) is 0.864. The fraction of sp³-hybridized carbons (Fsp3) is 0.235. The molecule has 2 heteroatoms. The van der Waals surface area contributed by atoms with Crippen LogP contribution in [0.3, 0.4) is 0 Å². The van der Waals surface area contributed by atoms with Crippen molar-refractivity contribution in [2.45, 2.75) is 26.7 Å². The van der Waals surface area contributed by atoms with Gasteiger partial charge in [-0.3, -0.25) is 4.79 Å². The Balaban J connectivity index is 2.08. The highest BCUT2D eigenvalue weighted by molar-refractivity contribution is 6.04. The molecule has 2 nitrogen and oxygen atoms in total. The van der Waals surface area contributed by atoms with E-state index in [0.717, 1.165) is 11.3 Å². The van der Waals surface area contributed by atoms with Crippen molar-refractivity contribution >= 4 is 11.6 Å². The zero-order valence-corrected chi connectivity index (χ0v) is 11.6. The lowest BCUT2D eigenvalue weighted by atomic mass is 10.0. The summed E-state index contributed by atoms with van der Waals surface area (Å²) in [4.78, 5) is 12.0. The molecular formula is C17H19NO. The van der Waals surface area contributed by atoms with Crippen molar-refractivity contribution in [3.05, 3.63) is 65.2 Å². The monoisotopic (exact) mass is 253 g/mol. The van der Waals surface area contributed by atoms with E-state index in [1.54, 1.807) is 0 Å². The number of anilines is 1. The molecule has 19 heavy (non-hydrogen) atoms. The van der Waals surface area contributed by atoms with Crippen LogP contribution in [0.1, 0.15) is 41.3 Å². The summed E-state index contributed by atoms with van der Waals surface area (Å²) in [6.45, 7) is 6.31. The first-order valence-electron chi connectivity index (χ1n) is 6.54. The second kappa shape index (κ2) is 5.70. The van der Waals surface area contributed by atoms with Crippen LogP contribution >= 0.6 is 0 Å². The maximum Gasteiger partial charge on any atom is 0.255 e. The molecule has 0 spiro atoms. The Morgan fingerprint density at radius 1 is 0.947 bits per heavy atom. The molecule has 0 radical (unpaired) electrons. The van der Waals surface area contributed by atoms with Gasteiger partial charge in [0.05, 0.1) is 0 Å². The summed E-state index contributed by atoms with van der Waals surface area (Å²) in [6, 6.07) is 15.6. The number of aryl methyl sites for hydroxylation is 1. The number of carbonyl (C=O) groups is 1. The van der Waals surface area contributed by atoms with Gasteiger partial charge >= 0.3 is 0 Å². The van der Waals surface area contributed by atoms with Crippen LogP contribution in [0.25, 0.3) is 0 Å². The number of amides is 1. The van der Waals surface area contributed by atoms with E-state index in [1.807, 2.05) is 43.3 Å². The third kappa shape index (κ3) is 3.44. The molecule has 0 aromatic heterocycles. The fourth-order valence-corrected chi connectivity index (χ4v) is 1.86. The van der Waals surface area contributed by atoms with Gasteiger partial charge in [0.1, 0.15) is 0 Å². The van der Waals surface area contributed by atoms with Crippen molar-refractivity contribution in [2.24, 2.45) is 0 Å². The molecule has 0 aliphatic carbocycles. The molecule has 98 valence electrons. The summed E-state index contributed by atoms with van der Waals surface area (Å²) in [5.74, 6) is 0.430. The highest BCUT2D eigenvalue weighted by Gasteiger charge is 2.06. The Morgan fingerprint density at radius 2 is 1.53 bits per heavy atom. The van der Waals surface area contributed by atoms with Crippen LogP contribution in [0.4, 0.5) is 5.69 Å². The van der Waals surface area contributed by atoms with E-state index in [0.29, 0.717) is 11.5 Å². The van der Waals surface area contributed by atoms with Crippen molar-refractivity contribution in [3.8, 4) is 0 Å². The summed E-state index contributed by atoms with van der Waals surface area (Å²) in [5.41, 5.74) is 3.93. The molecule has 0 unspecified atom stereocenters. The highest BCUT2D eigenvalue weighted by Crippen LogP contribution is 2.17. The van der Waals surface area contributed by atoms with Crippen LogP contribution < -0.4 is 5.32 Å². The molecule has 0 saturated carbocycles. The first-order chi connectivity index (χ1) is 9.06. The van der Waals surface area contributed by atoms with Crippen molar-refractivity contribution in [2.75, 3.05) is 5.32 Å². The highest BCUT2D eigenvalue weighted by atomic mass is 16.1. The van der Waals surface area contributed by atoms with Crippen molar-refractivity contribution < 1.29 is 4.79 Å². The predicted octanol–water partition coefficient (Wildman–Crippen LogP) is 4.37. The molecule has 1 N–H and O–H groups in total. The molecule has 0 saturated heterocycles. The number of rotatable bonds is 3. The zero-order valence-electron chi connectivity index (χ0n) is 11.6. The minimum absolute atomic E-state index is 0.0719. The molecule has 1 amide bonds. The van der Waals surface area contributed by atoms with Gasteiger partial charge in [0, 0.05) is 11.3 Å². The average molecular weight is 253 g/mol. The Morgan fingerprint density at radius 3 is 2.05 bits per heavy atom. The number of benzene rings is 2. The summed E-state index contributed by atoms with van der Waals surface area (Å²) in [6.07, 6.45) is 0. The van der Waals surface area contributed by atoms with Crippen molar-refractivity contribution in [1.29, 1.82) is 0 Å². The third-order valence-corrected chi connectivity index (χ3v) is 3.15. The van der Waals surface area contributed by atoms with Gasteiger partial charge in [0.25, 0.3) is 5.91 Å². The Bertz CT molecular complexity index is 553. The van der Waals surface area contributed by atoms with E-state index in [2.05, 4.69) is 31.3 Å². The predicted molar refractivity (Wildman–Crippen MR) is 79.7 cm³/mol. The van der Waals surface area contributed by atoms with E-state index in [1.165, 1.54) is 5.56 Å². The van der Waals surface area contributed by atoms with E-state index in [9.17, 15) is 4.79 Å². The minimum Gasteiger partial charge on any atom is -0.322 e. The normalized spacial score (nSPS) is 10.5. The van der Waals surface area contributed by atoms with Crippen LogP contribution in [0.2, 0.25) is 0 Å². The fourth-order valence-electron chi connectivity index (χ4n) is 1.86. The van der Waals surface area contributed by atoms with E-state index in [-0.39, 0.29) is 5.91 Å². The molecule has 0 aliphatic heterocycles. The Kier molecular flexibility index (Phi) is 4.00. The minimum atomic E-state index is -0.0719. The second-order valence-electron chi connectivity index (χ2n) is 5.10. The molecule has 0 aliphatic rings. The van der Waals surface area contributed by atoms with Gasteiger partial charge in [-0.25, -0.2) is 0 Å². The van der Waals surface area contributed by atoms with Crippen LogP contribution in [0.5, 0.6) is 0 Å². The number of hydrogen-bond acceptors (Lipinski definition) is 1. The first-order valence-corrected chi connectivity index (χ1v) is 6.54. The first kappa shape index (κ1) is 13.3. The van der Waals surface area contributed by atoms with Crippen LogP contribution in [0.15, 0.2) is 48.5 Å². The topological polar surface area (TPSA) is 29.1 Å². The average Bonchev–Trinajstić information content (AvgIpc) is 2.40. The lowest BCUT2D eigenvalue weighted by molar-refractivity contribution is 0.102. The molecule has 0 atom stereocenters. The lowest BCUT2D eigenvalue weighted by Crippen LogP contribution is -2.11. The van der Waals surface area contributed by atoms with Crippen LogP contribution in [0, 0.1) is 6.92 Å². The molecule has 0 fully saturated rings. The summed E-state index contributed by atoms with van der Waals surface area (Å²) in [5, 5.41) is 2.90. The number of nitrogens with one attached hydrogen (secondary N) is 1. The van der Waals surface area contributed by atoms with Gasteiger partial charge in [0.15, 0.2) is 0 Å². The third-order valence-electron chi connectivity index (χ3n) is 3.15. The summed E-state index contributed by atoms with van der Waals surface area (Å²) in [7, 11) is 0. The molecular weight excluding hydrogens is 234 g/mol. The van der Waals surface area contributed by atoms with Crippen molar-refractivity contribution in [1.82, 2.24) is 0 Å². The standard InChI is InChI=1S/C17H19NO/c1-12(2)14-8-10-16(11-9-14)18-17(19)15-6-4-13(3)5-7-15/h4-12H,1-3H3,(H,18,19). The molecule has 0 bridgehead atoms. The molecule has 0 heterocycles. The van der Waals surface area contributed by atoms with Gasteiger partial charge in [-0.1, -0.05) is 43.7 Å². The molecule has 2 rings (SSSR count). The zero-order chi connectivity index (χ0) is 13.8. The van der Waals surface area contributed by atoms with E-state index >= 15 is 0 Å². The second-order valence-corrected chi connectivity index (χ2v) is 5.10. The van der Waals surface area contributed by atoms with Gasteiger partial charge in [-0.15, -0.1) is 0 Å². The Labute approximate surface area is 114 Å². The van der Waals surface area contributed by atoms with Crippen molar-refractivity contribution in [3.63, 3.8) is 0 Å². The van der Waals surface area contributed by atoms with Gasteiger partial charge in [-0.2, -0.15) is 0 Å². The smallest absolute Gasteiger partial charge is 0.255 e. The van der Waals surface area contributed by atoms with Crippen LogP contribution in [-0.2, 0) is 0 Å². The van der Waals surface area contributed by atoms with Crippen LogP contribution in [-0.4, -0.2) is 5.91 Å². The maximum atomic E-state index is 12.0. The van der Waals surface area contributed by atoms with Gasteiger partial charge < -0.3 is 5.32 Å². The van der Waals surface area contributed by atoms with Gasteiger partial charge in [-0.05, 0) is 42.7 Å². The summed E-state index contributed by atoms with van der Waals surface area (Å²) < 4.78 is 0. The molecule has 2 aromatic carbocycles. The van der Waals surface area contributed by atoms with E-state index < -0.39 is 0 Å². The number of carbonyl (C=O) groups excluding carboxylic acids is 1. The Hall–Kier alpha value is -2.09. The SMILES string of the molecule is Cc1ccc(C(=O)Nc2ccc(C(C)C)cc2)cc1. The summed E-state index contributed by atoms with van der Waals surface area (Å²) >= 11 is 0. The van der Waals surface area contributed by atoms with E-state index in [4.69, 9.17) is 0 Å². The maximum absolute atomic E-state index is 12.0. The number of hydrogen-bond donors (Lipinski definition) is 1. The molecule has 2 aromatic rings. The largest absolute Gasteiger partial charge is 0.322 e. The lowest BCUT2D eigenvalue weighted by Gasteiger charge is -2.08.